The van der Waals surface area contributed by atoms with E-state index in [4.69, 9.17) is 11.0 Å². The summed E-state index contributed by atoms with van der Waals surface area (Å²) in [6.45, 7) is 0.966. The summed E-state index contributed by atoms with van der Waals surface area (Å²) in [5.74, 6) is 0.0442. The van der Waals surface area contributed by atoms with E-state index in [0.717, 1.165) is 16.9 Å². The van der Waals surface area contributed by atoms with Crippen LogP contribution in [0.4, 0.5) is 5.95 Å². The molecule has 0 saturated carbocycles. The van der Waals surface area contributed by atoms with Crippen LogP contribution in [0.15, 0.2) is 42.7 Å². The number of nitrogens with two attached hydrogens (primary N) is 1. The van der Waals surface area contributed by atoms with E-state index >= 15 is 0 Å². The standard InChI is InChI=1S/C18H15N7O/c19-9-12-2-1-3-14(8-12)25-7-5-15(23-25)17(26)24-6-4-13-10-21-18(20)22-16(13)11-24/h1-3,5,7-8,10H,4,6,11H2,(H2,20,21,22). The number of nitrogens with zero attached hydrogens (tertiary/aromatic N) is 6. The van der Waals surface area contributed by atoms with Crippen molar-refractivity contribution < 1.29 is 4.79 Å². The predicted molar refractivity (Wildman–Crippen MR) is 93.2 cm³/mol. The van der Waals surface area contributed by atoms with Gasteiger partial charge in [-0.2, -0.15) is 10.4 Å². The van der Waals surface area contributed by atoms with Crippen LogP contribution < -0.4 is 5.73 Å². The molecule has 3 aromatic rings. The normalized spacial score (nSPS) is 13.1. The Labute approximate surface area is 149 Å². The molecular formula is C18H15N7O. The first kappa shape index (κ1) is 15.8. The number of anilines is 1. The molecule has 0 bridgehead atoms. The van der Waals surface area contributed by atoms with Gasteiger partial charge in [0.25, 0.3) is 5.91 Å². The van der Waals surface area contributed by atoms with Gasteiger partial charge in [0.1, 0.15) is 0 Å². The molecule has 0 fully saturated rings. The van der Waals surface area contributed by atoms with E-state index in [0.29, 0.717) is 30.8 Å². The SMILES string of the molecule is N#Cc1cccc(-n2ccc(C(=O)N3CCc4cnc(N)nc4C3)n2)c1. The second-order valence-electron chi connectivity index (χ2n) is 5.98. The molecule has 8 heteroatoms. The largest absolute Gasteiger partial charge is 0.368 e. The van der Waals surface area contributed by atoms with Crippen LogP contribution in [-0.4, -0.2) is 37.1 Å². The van der Waals surface area contributed by atoms with Crippen LogP contribution in [0.5, 0.6) is 0 Å². The summed E-state index contributed by atoms with van der Waals surface area (Å²) < 4.78 is 1.59. The monoisotopic (exact) mass is 345 g/mol. The highest BCUT2D eigenvalue weighted by Gasteiger charge is 2.24. The Morgan fingerprint density at radius 2 is 2.19 bits per heavy atom. The van der Waals surface area contributed by atoms with Crippen molar-refractivity contribution in [1.29, 1.82) is 5.26 Å². The molecule has 2 N–H and O–H groups in total. The molecule has 0 spiro atoms. The van der Waals surface area contributed by atoms with Gasteiger partial charge in [0.05, 0.1) is 29.6 Å². The first-order valence-corrected chi connectivity index (χ1v) is 8.10. The van der Waals surface area contributed by atoms with E-state index in [1.807, 2.05) is 6.07 Å². The molecule has 0 atom stereocenters. The van der Waals surface area contributed by atoms with E-state index in [1.165, 1.54) is 0 Å². The van der Waals surface area contributed by atoms with Crippen LogP contribution in [0.2, 0.25) is 0 Å². The van der Waals surface area contributed by atoms with Crippen molar-refractivity contribution in [3.8, 4) is 11.8 Å². The fraction of sp³-hybridized carbons (Fsp3) is 0.167. The van der Waals surface area contributed by atoms with Crippen molar-refractivity contribution in [3.05, 3.63) is 65.2 Å². The van der Waals surface area contributed by atoms with Crippen molar-refractivity contribution in [2.45, 2.75) is 13.0 Å². The molecule has 1 amide bonds. The zero-order valence-corrected chi connectivity index (χ0v) is 13.8. The molecule has 0 unspecified atom stereocenters. The minimum atomic E-state index is -0.164. The number of benzene rings is 1. The van der Waals surface area contributed by atoms with Gasteiger partial charge in [-0.3, -0.25) is 4.79 Å². The number of nitrogen functional groups attached to an aromatic ring is 1. The van der Waals surface area contributed by atoms with Crippen molar-refractivity contribution >= 4 is 11.9 Å². The lowest BCUT2D eigenvalue weighted by atomic mass is 10.1. The van der Waals surface area contributed by atoms with Crippen LogP contribution in [0.3, 0.4) is 0 Å². The second kappa shape index (κ2) is 6.29. The Balaban J connectivity index is 1.56. The summed E-state index contributed by atoms with van der Waals surface area (Å²) >= 11 is 0. The number of aromatic nitrogens is 4. The van der Waals surface area contributed by atoms with Crippen molar-refractivity contribution in [3.63, 3.8) is 0 Å². The molecule has 3 heterocycles. The van der Waals surface area contributed by atoms with Crippen LogP contribution in [-0.2, 0) is 13.0 Å². The van der Waals surface area contributed by atoms with E-state index < -0.39 is 0 Å². The Morgan fingerprint density at radius 3 is 3.04 bits per heavy atom. The number of carbonyl (C=O) groups excluding carboxylic acids is 1. The molecule has 8 nitrogen and oxygen atoms in total. The Bertz CT molecular complexity index is 1030. The lowest BCUT2D eigenvalue weighted by Gasteiger charge is -2.27. The fourth-order valence-corrected chi connectivity index (χ4v) is 2.95. The van der Waals surface area contributed by atoms with Gasteiger partial charge >= 0.3 is 0 Å². The quantitative estimate of drug-likeness (QED) is 0.749. The third kappa shape index (κ3) is 2.86. The van der Waals surface area contributed by atoms with Gasteiger partial charge in [0.2, 0.25) is 5.95 Å². The number of rotatable bonds is 2. The first-order valence-electron chi connectivity index (χ1n) is 8.10. The topological polar surface area (TPSA) is 114 Å². The van der Waals surface area contributed by atoms with Crippen LogP contribution in [0.1, 0.15) is 27.3 Å². The maximum atomic E-state index is 12.8. The first-order chi connectivity index (χ1) is 12.6. The van der Waals surface area contributed by atoms with Gasteiger partial charge in [-0.05, 0) is 36.2 Å². The maximum Gasteiger partial charge on any atom is 0.274 e. The number of carbonyl (C=O) groups is 1. The summed E-state index contributed by atoms with van der Waals surface area (Å²) in [5, 5.41) is 13.4. The lowest BCUT2D eigenvalue weighted by molar-refractivity contribution is 0.0725. The molecule has 26 heavy (non-hydrogen) atoms. The molecule has 2 aromatic heterocycles. The third-order valence-electron chi connectivity index (χ3n) is 4.30. The zero-order chi connectivity index (χ0) is 18.1. The van der Waals surface area contributed by atoms with E-state index in [-0.39, 0.29) is 11.9 Å². The van der Waals surface area contributed by atoms with Crippen molar-refractivity contribution in [2.24, 2.45) is 0 Å². The molecule has 128 valence electrons. The molecule has 0 aliphatic carbocycles. The highest BCUT2D eigenvalue weighted by Crippen LogP contribution is 2.19. The fourth-order valence-electron chi connectivity index (χ4n) is 2.95. The third-order valence-corrected chi connectivity index (χ3v) is 4.30. The minimum absolute atomic E-state index is 0.164. The average Bonchev–Trinajstić information content (AvgIpc) is 3.17. The molecular weight excluding hydrogens is 330 g/mol. The average molecular weight is 345 g/mol. The molecule has 0 saturated heterocycles. The van der Waals surface area contributed by atoms with Gasteiger partial charge in [-0.1, -0.05) is 6.07 Å². The number of nitriles is 1. The highest BCUT2D eigenvalue weighted by atomic mass is 16.2. The zero-order valence-electron chi connectivity index (χ0n) is 13.8. The second-order valence-corrected chi connectivity index (χ2v) is 5.98. The Hall–Kier alpha value is -3.73. The maximum absolute atomic E-state index is 12.8. The number of hydrogen-bond acceptors (Lipinski definition) is 6. The summed E-state index contributed by atoms with van der Waals surface area (Å²) in [4.78, 5) is 22.7. The highest BCUT2D eigenvalue weighted by molar-refractivity contribution is 5.92. The van der Waals surface area contributed by atoms with Crippen molar-refractivity contribution in [2.75, 3.05) is 12.3 Å². The summed E-state index contributed by atoms with van der Waals surface area (Å²) in [7, 11) is 0. The van der Waals surface area contributed by atoms with Gasteiger partial charge in [0.15, 0.2) is 5.69 Å². The number of amides is 1. The summed E-state index contributed by atoms with van der Waals surface area (Å²) in [5.41, 5.74) is 9.05. The van der Waals surface area contributed by atoms with Gasteiger partial charge in [-0.15, -0.1) is 0 Å². The van der Waals surface area contributed by atoms with Gasteiger partial charge < -0.3 is 10.6 Å². The summed E-state index contributed by atoms with van der Waals surface area (Å²) in [6, 6.07) is 10.8. The van der Waals surface area contributed by atoms with E-state index in [1.54, 1.807) is 46.2 Å². The molecule has 1 aliphatic rings. The Morgan fingerprint density at radius 1 is 1.31 bits per heavy atom. The van der Waals surface area contributed by atoms with E-state index in [9.17, 15) is 4.79 Å². The smallest absolute Gasteiger partial charge is 0.274 e. The van der Waals surface area contributed by atoms with Crippen LogP contribution in [0, 0.1) is 11.3 Å². The van der Waals surface area contributed by atoms with Crippen molar-refractivity contribution in [1.82, 2.24) is 24.6 Å². The summed E-state index contributed by atoms with van der Waals surface area (Å²) in [6.07, 6.45) is 4.12. The number of fused-ring (bicyclic) bond motifs is 1. The molecule has 1 aromatic carbocycles. The number of hydrogen-bond donors (Lipinski definition) is 1. The lowest BCUT2D eigenvalue weighted by Crippen LogP contribution is -2.37. The Kier molecular flexibility index (Phi) is 3.82. The molecule has 0 radical (unpaired) electrons. The predicted octanol–water partition coefficient (Wildman–Crippen LogP) is 1.31. The van der Waals surface area contributed by atoms with E-state index in [2.05, 4.69) is 21.1 Å². The van der Waals surface area contributed by atoms with Crippen LogP contribution in [0.25, 0.3) is 5.69 Å². The van der Waals surface area contributed by atoms with Crippen LogP contribution >= 0.6 is 0 Å². The van der Waals surface area contributed by atoms with Gasteiger partial charge in [0, 0.05) is 18.9 Å². The van der Waals surface area contributed by atoms with Gasteiger partial charge in [-0.25, -0.2) is 14.6 Å². The molecule has 1 aliphatic heterocycles. The molecule has 4 rings (SSSR count). The minimum Gasteiger partial charge on any atom is -0.368 e.